The Balaban J connectivity index is 0.00000392. The van der Waals surface area contributed by atoms with Crippen LogP contribution in [0, 0.1) is 0 Å². The van der Waals surface area contributed by atoms with Crippen LogP contribution in [0.4, 0.5) is 0 Å². The SMILES string of the molecule is CN=C(NCc1cc(OC)c(O)c(OC)c1)NCC(C)(C)c1ccccc1.I. The largest absolute Gasteiger partial charge is 0.502 e. The van der Waals surface area contributed by atoms with Crippen LogP contribution in [-0.4, -0.2) is 38.9 Å². The molecule has 154 valence electrons. The summed E-state index contributed by atoms with van der Waals surface area (Å²) >= 11 is 0. The second-order valence-corrected chi connectivity index (χ2v) is 6.88. The predicted molar refractivity (Wildman–Crippen MR) is 124 cm³/mol. The number of nitrogens with one attached hydrogen (secondary N) is 2. The van der Waals surface area contributed by atoms with Gasteiger partial charge >= 0.3 is 0 Å². The van der Waals surface area contributed by atoms with Crippen LogP contribution in [0.3, 0.4) is 0 Å². The van der Waals surface area contributed by atoms with Crippen molar-refractivity contribution in [2.45, 2.75) is 25.8 Å². The Morgan fingerprint density at radius 2 is 1.61 bits per heavy atom. The van der Waals surface area contributed by atoms with Crippen molar-refractivity contribution in [2.75, 3.05) is 27.8 Å². The molecule has 0 aromatic heterocycles. The van der Waals surface area contributed by atoms with Gasteiger partial charge in [0.05, 0.1) is 14.2 Å². The quantitative estimate of drug-likeness (QED) is 0.308. The summed E-state index contributed by atoms with van der Waals surface area (Å²) < 4.78 is 10.4. The minimum absolute atomic E-state index is 0. The Morgan fingerprint density at radius 1 is 1.04 bits per heavy atom. The summed E-state index contributed by atoms with van der Waals surface area (Å²) in [5.74, 6) is 1.44. The standard InChI is InChI=1S/C21H29N3O3.HI/c1-21(2,16-9-7-6-8-10-16)14-24-20(22-3)23-13-15-11-17(26-4)19(25)18(12-15)27-5;/h6-12,25H,13-14H2,1-5H3,(H2,22,23,24);1H. The third-order valence-electron chi connectivity index (χ3n) is 4.48. The zero-order valence-corrected chi connectivity index (χ0v) is 19.4. The van der Waals surface area contributed by atoms with Crippen LogP contribution in [0.2, 0.25) is 0 Å². The summed E-state index contributed by atoms with van der Waals surface area (Å²) in [6, 6.07) is 13.9. The molecule has 0 radical (unpaired) electrons. The van der Waals surface area contributed by atoms with E-state index in [0.717, 1.165) is 12.1 Å². The van der Waals surface area contributed by atoms with E-state index in [1.807, 2.05) is 6.07 Å². The second kappa shape index (κ2) is 11.0. The number of halogens is 1. The van der Waals surface area contributed by atoms with Gasteiger partial charge in [-0.2, -0.15) is 0 Å². The lowest BCUT2D eigenvalue weighted by molar-refractivity contribution is 0.339. The van der Waals surface area contributed by atoms with Crippen molar-refractivity contribution in [3.8, 4) is 17.2 Å². The number of rotatable bonds is 7. The highest BCUT2D eigenvalue weighted by molar-refractivity contribution is 14.0. The van der Waals surface area contributed by atoms with Gasteiger partial charge < -0.3 is 25.2 Å². The fraction of sp³-hybridized carbons (Fsp3) is 0.381. The number of aliphatic imine (C=N–C) groups is 1. The molecule has 0 fully saturated rings. The molecule has 0 spiro atoms. The monoisotopic (exact) mass is 499 g/mol. The van der Waals surface area contributed by atoms with Gasteiger partial charge in [-0.25, -0.2) is 0 Å². The first-order valence-corrected chi connectivity index (χ1v) is 8.85. The number of guanidine groups is 1. The number of aromatic hydroxyl groups is 1. The van der Waals surface area contributed by atoms with E-state index in [2.05, 4.69) is 53.7 Å². The van der Waals surface area contributed by atoms with Crippen molar-refractivity contribution in [3.63, 3.8) is 0 Å². The third kappa shape index (κ3) is 6.19. The summed E-state index contributed by atoms with van der Waals surface area (Å²) in [7, 11) is 4.76. The maximum Gasteiger partial charge on any atom is 0.200 e. The highest BCUT2D eigenvalue weighted by Crippen LogP contribution is 2.37. The Kier molecular flexibility index (Phi) is 9.37. The van der Waals surface area contributed by atoms with Gasteiger partial charge in [-0.3, -0.25) is 4.99 Å². The number of ether oxygens (including phenoxy) is 2. The second-order valence-electron chi connectivity index (χ2n) is 6.88. The van der Waals surface area contributed by atoms with Gasteiger partial charge in [-0.1, -0.05) is 44.2 Å². The van der Waals surface area contributed by atoms with Crippen LogP contribution in [0.25, 0.3) is 0 Å². The van der Waals surface area contributed by atoms with Crippen molar-refractivity contribution in [2.24, 2.45) is 4.99 Å². The van der Waals surface area contributed by atoms with Crippen molar-refractivity contribution < 1.29 is 14.6 Å². The molecule has 6 nitrogen and oxygen atoms in total. The van der Waals surface area contributed by atoms with Crippen LogP contribution < -0.4 is 20.1 Å². The van der Waals surface area contributed by atoms with Crippen LogP contribution in [-0.2, 0) is 12.0 Å². The van der Waals surface area contributed by atoms with E-state index < -0.39 is 0 Å². The van der Waals surface area contributed by atoms with Crippen LogP contribution in [0.1, 0.15) is 25.0 Å². The van der Waals surface area contributed by atoms with Gasteiger partial charge in [0.25, 0.3) is 0 Å². The highest BCUT2D eigenvalue weighted by Gasteiger charge is 2.20. The highest BCUT2D eigenvalue weighted by atomic mass is 127. The number of hydrogen-bond donors (Lipinski definition) is 3. The smallest absolute Gasteiger partial charge is 0.200 e. The van der Waals surface area contributed by atoms with Gasteiger partial charge in [0.15, 0.2) is 17.5 Å². The van der Waals surface area contributed by atoms with Crippen molar-refractivity contribution in [1.82, 2.24) is 10.6 Å². The molecule has 3 N–H and O–H groups in total. The molecule has 0 unspecified atom stereocenters. The summed E-state index contributed by atoms with van der Waals surface area (Å²) in [4.78, 5) is 4.29. The molecule has 2 aromatic carbocycles. The number of benzene rings is 2. The van der Waals surface area contributed by atoms with Crippen molar-refractivity contribution in [3.05, 3.63) is 53.6 Å². The normalized spacial score (nSPS) is 11.4. The first-order chi connectivity index (χ1) is 12.9. The average molecular weight is 499 g/mol. The molecular weight excluding hydrogens is 469 g/mol. The molecule has 0 saturated carbocycles. The fourth-order valence-electron chi connectivity index (χ4n) is 2.75. The molecule has 0 saturated heterocycles. The number of nitrogens with zero attached hydrogens (tertiary/aromatic N) is 1. The molecular formula is C21H30IN3O3. The summed E-state index contributed by atoms with van der Waals surface area (Å²) in [5.41, 5.74) is 2.14. The molecule has 0 aliphatic rings. The lowest BCUT2D eigenvalue weighted by Gasteiger charge is -2.26. The zero-order chi connectivity index (χ0) is 19.9. The van der Waals surface area contributed by atoms with E-state index in [1.54, 1.807) is 19.2 Å². The number of hydrogen-bond acceptors (Lipinski definition) is 4. The lowest BCUT2D eigenvalue weighted by atomic mass is 9.85. The zero-order valence-electron chi connectivity index (χ0n) is 17.1. The van der Waals surface area contributed by atoms with E-state index >= 15 is 0 Å². The van der Waals surface area contributed by atoms with Crippen LogP contribution in [0.5, 0.6) is 17.2 Å². The number of phenolic OH excluding ortho intramolecular Hbond substituents is 1. The van der Waals surface area contributed by atoms with Gasteiger partial charge in [-0.15, -0.1) is 24.0 Å². The van der Waals surface area contributed by atoms with E-state index in [1.165, 1.54) is 19.8 Å². The third-order valence-corrected chi connectivity index (χ3v) is 4.48. The molecule has 7 heteroatoms. The van der Waals surface area contributed by atoms with Crippen LogP contribution in [0.15, 0.2) is 47.5 Å². The van der Waals surface area contributed by atoms with Gasteiger partial charge in [0.1, 0.15) is 0 Å². The molecule has 0 bridgehead atoms. The van der Waals surface area contributed by atoms with E-state index in [0.29, 0.717) is 24.0 Å². The topological polar surface area (TPSA) is 75.1 Å². The minimum atomic E-state index is -0.0378. The Hall–Kier alpha value is -2.16. The van der Waals surface area contributed by atoms with E-state index in [4.69, 9.17) is 9.47 Å². The first kappa shape index (κ1) is 23.9. The van der Waals surface area contributed by atoms with Crippen LogP contribution >= 0.6 is 24.0 Å². The maximum atomic E-state index is 10.0. The van der Waals surface area contributed by atoms with Crippen molar-refractivity contribution in [1.29, 1.82) is 0 Å². The van der Waals surface area contributed by atoms with E-state index in [9.17, 15) is 5.11 Å². The Labute approximate surface area is 184 Å². The summed E-state index contributed by atoms with van der Waals surface area (Å²) in [5, 5.41) is 16.7. The predicted octanol–water partition coefficient (Wildman–Crippen LogP) is 3.67. The molecule has 2 aromatic rings. The minimum Gasteiger partial charge on any atom is -0.502 e. The Bertz CT molecular complexity index is 755. The van der Waals surface area contributed by atoms with Gasteiger partial charge in [0, 0.05) is 25.6 Å². The molecule has 0 atom stereocenters. The molecule has 28 heavy (non-hydrogen) atoms. The Morgan fingerprint density at radius 3 is 2.11 bits per heavy atom. The van der Waals surface area contributed by atoms with Gasteiger partial charge in [-0.05, 0) is 23.3 Å². The molecule has 0 amide bonds. The molecule has 0 aliphatic heterocycles. The lowest BCUT2D eigenvalue weighted by Crippen LogP contribution is -2.43. The van der Waals surface area contributed by atoms with E-state index in [-0.39, 0.29) is 35.1 Å². The maximum absolute atomic E-state index is 10.0. The number of phenols is 1. The summed E-state index contributed by atoms with van der Waals surface area (Å²) in [6.07, 6.45) is 0. The fourth-order valence-corrected chi connectivity index (χ4v) is 2.75. The molecule has 2 rings (SSSR count). The first-order valence-electron chi connectivity index (χ1n) is 8.85. The van der Waals surface area contributed by atoms with Gasteiger partial charge in [0.2, 0.25) is 5.75 Å². The van der Waals surface area contributed by atoms with Crippen molar-refractivity contribution >= 4 is 29.9 Å². The summed E-state index contributed by atoms with van der Waals surface area (Å²) in [6.45, 7) is 5.63. The molecule has 0 heterocycles. The number of methoxy groups -OCH3 is 2. The molecule has 0 aliphatic carbocycles. The average Bonchev–Trinajstić information content (AvgIpc) is 2.69.